The number of nitrogens with zero attached hydrogens (tertiary/aromatic N) is 1. The molecular formula is C9H9NOS. The van der Waals surface area contributed by atoms with E-state index >= 15 is 0 Å². The summed E-state index contributed by atoms with van der Waals surface area (Å²) in [4.78, 5) is 0.758. The molecule has 1 aromatic carbocycles. The maximum absolute atomic E-state index is 8.70. The molecule has 0 saturated carbocycles. The average molecular weight is 179 g/mol. The zero-order chi connectivity index (χ0) is 9.14. The van der Waals surface area contributed by atoms with Crippen LogP contribution in [0.4, 0.5) is 0 Å². The van der Waals surface area contributed by atoms with Gasteiger partial charge in [-0.2, -0.15) is 5.26 Å². The van der Waals surface area contributed by atoms with Gasteiger partial charge in [0.1, 0.15) is 5.75 Å². The van der Waals surface area contributed by atoms with Crippen molar-refractivity contribution in [2.45, 2.75) is 11.8 Å². The van der Waals surface area contributed by atoms with Crippen molar-refractivity contribution in [2.24, 2.45) is 0 Å². The molecule has 12 heavy (non-hydrogen) atoms. The molecule has 0 bridgehead atoms. The van der Waals surface area contributed by atoms with E-state index in [1.807, 2.05) is 6.92 Å². The Bertz CT molecular complexity index is 341. The number of benzene rings is 1. The molecule has 0 N–H and O–H groups in total. The molecule has 0 heterocycles. The van der Waals surface area contributed by atoms with Gasteiger partial charge in [0, 0.05) is 10.5 Å². The molecule has 0 aromatic heterocycles. The molecule has 0 fully saturated rings. The maximum Gasteiger partial charge on any atom is 0.136 e. The molecule has 0 saturated heterocycles. The summed E-state index contributed by atoms with van der Waals surface area (Å²) >= 11 is 4.20. The van der Waals surface area contributed by atoms with Crippen LogP contribution in [0.5, 0.6) is 5.75 Å². The van der Waals surface area contributed by atoms with Crippen LogP contribution in [0.25, 0.3) is 0 Å². The van der Waals surface area contributed by atoms with Crippen molar-refractivity contribution < 1.29 is 4.74 Å². The molecule has 0 atom stereocenters. The zero-order valence-corrected chi connectivity index (χ0v) is 7.85. The molecule has 0 spiro atoms. The Morgan fingerprint density at radius 2 is 2.17 bits per heavy atom. The SMILES string of the molecule is COc1c(S)ccc(C#N)c1C. The molecule has 1 aromatic rings. The fraction of sp³-hybridized carbons (Fsp3) is 0.222. The summed E-state index contributed by atoms with van der Waals surface area (Å²) in [7, 11) is 1.57. The van der Waals surface area contributed by atoms with E-state index in [2.05, 4.69) is 18.7 Å². The lowest BCUT2D eigenvalue weighted by Crippen LogP contribution is -1.91. The molecule has 0 aliphatic rings. The summed E-state index contributed by atoms with van der Waals surface area (Å²) < 4.78 is 5.09. The van der Waals surface area contributed by atoms with Gasteiger partial charge in [-0.25, -0.2) is 0 Å². The van der Waals surface area contributed by atoms with Crippen LogP contribution in [0.1, 0.15) is 11.1 Å². The number of methoxy groups -OCH3 is 1. The van der Waals surface area contributed by atoms with Gasteiger partial charge in [-0.05, 0) is 19.1 Å². The van der Waals surface area contributed by atoms with Gasteiger partial charge >= 0.3 is 0 Å². The summed E-state index contributed by atoms with van der Waals surface area (Å²) in [6, 6.07) is 5.58. The van der Waals surface area contributed by atoms with Crippen LogP contribution in [0, 0.1) is 18.3 Å². The summed E-state index contributed by atoms with van der Waals surface area (Å²) in [5.41, 5.74) is 1.47. The number of hydrogen-bond acceptors (Lipinski definition) is 3. The minimum Gasteiger partial charge on any atom is -0.495 e. The van der Waals surface area contributed by atoms with Crippen molar-refractivity contribution >= 4 is 12.6 Å². The fourth-order valence-electron chi connectivity index (χ4n) is 1.06. The Labute approximate surface area is 77.2 Å². The van der Waals surface area contributed by atoms with Gasteiger partial charge in [-0.15, -0.1) is 12.6 Å². The lowest BCUT2D eigenvalue weighted by molar-refractivity contribution is 0.401. The lowest BCUT2D eigenvalue weighted by atomic mass is 10.1. The first kappa shape index (κ1) is 8.95. The number of hydrogen-bond donors (Lipinski definition) is 1. The van der Waals surface area contributed by atoms with Crippen molar-refractivity contribution in [3.63, 3.8) is 0 Å². The first-order chi connectivity index (χ1) is 5.70. The highest BCUT2D eigenvalue weighted by molar-refractivity contribution is 7.80. The van der Waals surface area contributed by atoms with E-state index in [-0.39, 0.29) is 0 Å². The van der Waals surface area contributed by atoms with E-state index in [0.29, 0.717) is 11.3 Å². The van der Waals surface area contributed by atoms with Gasteiger partial charge < -0.3 is 4.74 Å². The van der Waals surface area contributed by atoms with E-state index < -0.39 is 0 Å². The monoisotopic (exact) mass is 179 g/mol. The Morgan fingerprint density at radius 1 is 1.50 bits per heavy atom. The molecule has 3 heteroatoms. The van der Waals surface area contributed by atoms with Crippen LogP contribution in [0.15, 0.2) is 17.0 Å². The molecule has 62 valence electrons. The molecule has 2 nitrogen and oxygen atoms in total. The first-order valence-electron chi connectivity index (χ1n) is 3.47. The normalized spacial score (nSPS) is 9.17. The quantitative estimate of drug-likeness (QED) is 0.670. The third-order valence-electron chi connectivity index (χ3n) is 1.71. The Hall–Kier alpha value is -1.14. The van der Waals surface area contributed by atoms with Crippen molar-refractivity contribution in [3.8, 4) is 11.8 Å². The molecule has 1 rings (SSSR count). The highest BCUT2D eigenvalue weighted by Crippen LogP contribution is 2.28. The Morgan fingerprint density at radius 3 is 2.67 bits per heavy atom. The molecule has 0 aliphatic carbocycles. The molecule has 0 radical (unpaired) electrons. The van der Waals surface area contributed by atoms with Gasteiger partial charge in [-0.3, -0.25) is 0 Å². The van der Waals surface area contributed by atoms with E-state index in [1.165, 1.54) is 0 Å². The van der Waals surface area contributed by atoms with Crippen molar-refractivity contribution in [1.29, 1.82) is 5.26 Å². The highest BCUT2D eigenvalue weighted by atomic mass is 32.1. The standard InChI is InChI=1S/C9H9NOS/c1-6-7(5-10)3-4-8(12)9(6)11-2/h3-4,12H,1-2H3. The predicted molar refractivity (Wildman–Crippen MR) is 49.7 cm³/mol. The second-order valence-electron chi connectivity index (χ2n) is 2.40. The van der Waals surface area contributed by atoms with Crippen molar-refractivity contribution in [1.82, 2.24) is 0 Å². The first-order valence-corrected chi connectivity index (χ1v) is 3.92. The molecule has 0 unspecified atom stereocenters. The molecular weight excluding hydrogens is 170 g/mol. The number of thiol groups is 1. The van der Waals surface area contributed by atoms with E-state index in [0.717, 1.165) is 10.5 Å². The van der Waals surface area contributed by atoms with Crippen LogP contribution in [-0.2, 0) is 0 Å². The van der Waals surface area contributed by atoms with E-state index in [1.54, 1.807) is 19.2 Å². The second-order valence-corrected chi connectivity index (χ2v) is 2.88. The maximum atomic E-state index is 8.70. The minimum absolute atomic E-state index is 0.629. The molecule has 0 amide bonds. The third kappa shape index (κ3) is 1.39. The Kier molecular flexibility index (Phi) is 2.61. The van der Waals surface area contributed by atoms with Gasteiger partial charge in [-0.1, -0.05) is 0 Å². The van der Waals surface area contributed by atoms with Gasteiger partial charge in [0.05, 0.1) is 18.7 Å². The largest absolute Gasteiger partial charge is 0.495 e. The minimum atomic E-state index is 0.629. The summed E-state index contributed by atoms with van der Waals surface area (Å²) in [6.45, 7) is 1.84. The van der Waals surface area contributed by atoms with Crippen molar-refractivity contribution in [3.05, 3.63) is 23.3 Å². The fourth-order valence-corrected chi connectivity index (χ4v) is 1.39. The summed E-state index contributed by atoms with van der Waals surface area (Å²) in [5, 5.41) is 8.70. The van der Waals surface area contributed by atoms with Crippen molar-refractivity contribution in [2.75, 3.05) is 7.11 Å². The third-order valence-corrected chi connectivity index (χ3v) is 2.06. The van der Waals surface area contributed by atoms with Crippen LogP contribution >= 0.6 is 12.6 Å². The number of ether oxygens (including phenoxy) is 1. The summed E-state index contributed by atoms with van der Waals surface area (Å²) in [6.07, 6.45) is 0. The highest BCUT2D eigenvalue weighted by Gasteiger charge is 2.06. The zero-order valence-electron chi connectivity index (χ0n) is 6.96. The van der Waals surface area contributed by atoms with Gasteiger partial charge in [0.2, 0.25) is 0 Å². The Balaban J connectivity index is 3.36. The number of nitriles is 1. The van der Waals surface area contributed by atoms with E-state index in [4.69, 9.17) is 10.00 Å². The second kappa shape index (κ2) is 3.51. The van der Waals surface area contributed by atoms with Crippen LogP contribution in [0.2, 0.25) is 0 Å². The number of rotatable bonds is 1. The average Bonchev–Trinajstić information content (AvgIpc) is 2.06. The van der Waals surface area contributed by atoms with E-state index in [9.17, 15) is 0 Å². The smallest absolute Gasteiger partial charge is 0.136 e. The van der Waals surface area contributed by atoms with Crippen LogP contribution in [0.3, 0.4) is 0 Å². The van der Waals surface area contributed by atoms with Crippen LogP contribution < -0.4 is 4.74 Å². The summed E-state index contributed by atoms with van der Waals surface area (Å²) in [5.74, 6) is 0.678. The predicted octanol–water partition coefficient (Wildman–Crippen LogP) is 2.16. The lowest BCUT2D eigenvalue weighted by Gasteiger charge is -2.07. The topological polar surface area (TPSA) is 33.0 Å². The van der Waals surface area contributed by atoms with Gasteiger partial charge in [0.25, 0.3) is 0 Å². The van der Waals surface area contributed by atoms with Gasteiger partial charge in [0.15, 0.2) is 0 Å². The van der Waals surface area contributed by atoms with Crippen LogP contribution in [-0.4, -0.2) is 7.11 Å². The molecule has 0 aliphatic heterocycles.